The molecule has 1 aromatic carbocycles. The summed E-state index contributed by atoms with van der Waals surface area (Å²) in [4.78, 5) is 2.35. The average molecular weight is 271 g/mol. The third kappa shape index (κ3) is 5.30. The van der Waals surface area contributed by atoms with Crippen LogP contribution in [-0.4, -0.2) is 38.6 Å². The van der Waals surface area contributed by atoms with Crippen molar-refractivity contribution in [1.29, 1.82) is 0 Å². The van der Waals surface area contributed by atoms with Gasteiger partial charge in [0, 0.05) is 24.1 Å². The van der Waals surface area contributed by atoms with Crippen LogP contribution < -0.4 is 5.32 Å². The van der Waals surface area contributed by atoms with Crippen molar-refractivity contribution in [3.63, 3.8) is 0 Å². The zero-order valence-electron chi connectivity index (χ0n) is 9.46. The third-order valence-electron chi connectivity index (χ3n) is 2.44. The monoisotopic (exact) mass is 270 g/mol. The summed E-state index contributed by atoms with van der Waals surface area (Å²) in [6.07, 6.45) is 1.12. The fourth-order valence-electron chi connectivity index (χ4n) is 1.39. The van der Waals surface area contributed by atoms with Gasteiger partial charge in [-0.25, -0.2) is 0 Å². The van der Waals surface area contributed by atoms with Gasteiger partial charge in [-0.05, 0) is 38.2 Å². The molecule has 1 aromatic rings. The Hall–Kier alpha value is -0.380. The van der Waals surface area contributed by atoms with Gasteiger partial charge >= 0.3 is 0 Å². The van der Waals surface area contributed by atoms with E-state index >= 15 is 0 Å². The summed E-state index contributed by atoms with van der Waals surface area (Å²) in [7, 11) is 4.15. The van der Waals surface area contributed by atoms with Crippen LogP contribution in [0.15, 0.2) is 28.7 Å². The van der Waals surface area contributed by atoms with Crippen molar-refractivity contribution in [3.05, 3.63) is 34.3 Å². The molecule has 0 bridgehead atoms. The SMILES string of the molecule is CNCCN(C)CCc1ccc(Br)cc1. The Morgan fingerprint density at radius 1 is 1.20 bits per heavy atom. The van der Waals surface area contributed by atoms with E-state index in [2.05, 4.69) is 57.5 Å². The highest BCUT2D eigenvalue weighted by Gasteiger charge is 1.98. The quantitative estimate of drug-likeness (QED) is 0.852. The smallest absolute Gasteiger partial charge is 0.0175 e. The van der Waals surface area contributed by atoms with E-state index in [9.17, 15) is 0 Å². The molecule has 3 heteroatoms. The van der Waals surface area contributed by atoms with E-state index in [1.807, 2.05) is 7.05 Å². The fraction of sp³-hybridized carbons (Fsp3) is 0.500. The normalized spacial score (nSPS) is 10.9. The maximum Gasteiger partial charge on any atom is 0.0175 e. The molecule has 0 unspecified atom stereocenters. The Kier molecular flexibility index (Phi) is 5.91. The van der Waals surface area contributed by atoms with Gasteiger partial charge in [0.25, 0.3) is 0 Å². The molecule has 0 radical (unpaired) electrons. The number of nitrogens with zero attached hydrogens (tertiary/aromatic N) is 1. The second-order valence-corrected chi connectivity index (χ2v) is 4.70. The summed E-state index contributed by atoms with van der Waals surface area (Å²) < 4.78 is 1.15. The first-order valence-electron chi connectivity index (χ1n) is 5.30. The molecule has 0 heterocycles. The van der Waals surface area contributed by atoms with Gasteiger partial charge in [-0.1, -0.05) is 28.1 Å². The first kappa shape index (κ1) is 12.7. The van der Waals surface area contributed by atoms with Crippen LogP contribution in [0.5, 0.6) is 0 Å². The summed E-state index contributed by atoms with van der Waals surface area (Å²) in [5.41, 5.74) is 1.40. The summed E-state index contributed by atoms with van der Waals surface area (Å²) in [6.45, 7) is 3.27. The third-order valence-corrected chi connectivity index (χ3v) is 2.97. The molecule has 0 amide bonds. The Bertz CT molecular complexity index is 271. The van der Waals surface area contributed by atoms with Crippen LogP contribution in [0.3, 0.4) is 0 Å². The number of rotatable bonds is 6. The van der Waals surface area contributed by atoms with E-state index in [0.29, 0.717) is 0 Å². The fourth-order valence-corrected chi connectivity index (χ4v) is 1.65. The van der Waals surface area contributed by atoms with Crippen LogP contribution in [0.25, 0.3) is 0 Å². The molecule has 0 fully saturated rings. The molecule has 0 atom stereocenters. The minimum absolute atomic E-state index is 1.05. The summed E-state index contributed by atoms with van der Waals surface area (Å²) in [5.74, 6) is 0. The lowest BCUT2D eigenvalue weighted by Crippen LogP contribution is -2.29. The van der Waals surface area contributed by atoms with E-state index in [-0.39, 0.29) is 0 Å². The van der Waals surface area contributed by atoms with Crippen molar-refractivity contribution < 1.29 is 0 Å². The van der Waals surface area contributed by atoms with Crippen molar-refractivity contribution in [2.24, 2.45) is 0 Å². The molecule has 0 saturated carbocycles. The zero-order chi connectivity index (χ0) is 11.1. The molecule has 0 aliphatic carbocycles. The minimum atomic E-state index is 1.05. The highest BCUT2D eigenvalue weighted by atomic mass is 79.9. The van der Waals surface area contributed by atoms with Crippen LogP contribution >= 0.6 is 15.9 Å². The van der Waals surface area contributed by atoms with Crippen molar-refractivity contribution in [2.45, 2.75) is 6.42 Å². The average Bonchev–Trinajstić information content (AvgIpc) is 2.25. The summed E-state index contributed by atoms with van der Waals surface area (Å²) in [6, 6.07) is 8.55. The van der Waals surface area contributed by atoms with Crippen molar-refractivity contribution in [1.82, 2.24) is 10.2 Å². The molecule has 0 aliphatic rings. The van der Waals surface area contributed by atoms with E-state index in [0.717, 1.165) is 30.5 Å². The van der Waals surface area contributed by atoms with Gasteiger partial charge in [-0.3, -0.25) is 0 Å². The standard InChI is InChI=1S/C12H19BrN2/c1-14-8-10-15(2)9-7-11-3-5-12(13)6-4-11/h3-6,14H,7-10H2,1-2H3. The zero-order valence-corrected chi connectivity index (χ0v) is 11.0. The molecule has 0 aromatic heterocycles. The number of nitrogens with one attached hydrogen (secondary N) is 1. The van der Waals surface area contributed by atoms with Crippen LogP contribution in [-0.2, 0) is 6.42 Å². The first-order valence-corrected chi connectivity index (χ1v) is 6.09. The minimum Gasteiger partial charge on any atom is -0.318 e. The second kappa shape index (κ2) is 6.99. The first-order chi connectivity index (χ1) is 7.22. The lowest BCUT2D eigenvalue weighted by Gasteiger charge is -2.16. The Morgan fingerprint density at radius 3 is 2.47 bits per heavy atom. The van der Waals surface area contributed by atoms with Gasteiger partial charge in [0.05, 0.1) is 0 Å². The van der Waals surface area contributed by atoms with E-state index in [4.69, 9.17) is 0 Å². The molecule has 0 saturated heterocycles. The maximum atomic E-state index is 3.44. The second-order valence-electron chi connectivity index (χ2n) is 3.78. The van der Waals surface area contributed by atoms with Crippen LogP contribution in [0, 0.1) is 0 Å². The summed E-state index contributed by atoms with van der Waals surface area (Å²) in [5, 5.41) is 3.16. The van der Waals surface area contributed by atoms with Gasteiger partial charge in [0.1, 0.15) is 0 Å². The highest BCUT2D eigenvalue weighted by molar-refractivity contribution is 9.10. The predicted molar refractivity (Wildman–Crippen MR) is 69.3 cm³/mol. The highest BCUT2D eigenvalue weighted by Crippen LogP contribution is 2.10. The van der Waals surface area contributed by atoms with Crippen molar-refractivity contribution >= 4 is 15.9 Å². The predicted octanol–water partition coefficient (Wildman–Crippen LogP) is 2.14. The Balaban J connectivity index is 2.27. The van der Waals surface area contributed by atoms with Gasteiger partial charge in [-0.2, -0.15) is 0 Å². The number of benzene rings is 1. The molecule has 0 spiro atoms. The van der Waals surface area contributed by atoms with E-state index < -0.39 is 0 Å². The topological polar surface area (TPSA) is 15.3 Å². The number of hydrogen-bond donors (Lipinski definition) is 1. The largest absolute Gasteiger partial charge is 0.318 e. The molecule has 2 nitrogen and oxygen atoms in total. The molecule has 1 N–H and O–H groups in total. The van der Waals surface area contributed by atoms with Gasteiger partial charge in [0.15, 0.2) is 0 Å². The lowest BCUT2D eigenvalue weighted by molar-refractivity contribution is 0.339. The van der Waals surface area contributed by atoms with Gasteiger partial charge in [0.2, 0.25) is 0 Å². The molecular formula is C12H19BrN2. The maximum absolute atomic E-state index is 3.44. The molecule has 1 rings (SSSR count). The van der Waals surface area contributed by atoms with Crippen LogP contribution in [0.4, 0.5) is 0 Å². The van der Waals surface area contributed by atoms with Crippen LogP contribution in [0.2, 0.25) is 0 Å². The van der Waals surface area contributed by atoms with Gasteiger partial charge < -0.3 is 10.2 Å². The number of likely N-dealkylation sites (N-methyl/N-ethyl adjacent to an activating group) is 2. The van der Waals surface area contributed by atoms with E-state index in [1.54, 1.807) is 0 Å². The molecular weight excluding hydrogens is 252 g/mol. The lowest BCUT2D eigenvalue weighted by atomic mass is 10.1. The number of halogens is 1. The molecule has 15 heavy (non-hydrogen) atoms. The van der Waals surface area contributed by atoms with Crippen LogP contribution in [0.1, 0.15) is 5.56 Å². The number of hydrogen-bond acceptors (Lipinski definition) is 2. The molecule has 0 aliphatic heterocycles. The molecule has 84 valence electrons. The van der Waals surface area contributed by atoms with Crippen molar-refractivity contribution in [2.75, 3.05) is 33.7 Å². The van der Waals surface area contributed by atoms with Gasteiger partial charge in [-0.15, -0.1) is 0 Å². The Morgan fingerprint density at radius 2 is 1.87 bits per heavy atom. The summed E-state index contributed by atoms with van der Waals surface area (Å²) >= 11 is 3.44. The Labute approximate surface area is 101 Å². The van der Waals surface area contributed by atoms with E-state index in [1.165, 1.54) is 5.56 Å². The van der Waals surface area contributed by atoms with Crippen molar-refractivity contribution in [3.8, 4) is 0 Å².